The Labute approximate surface area is 103 Å². The van der Waals surface area contributed by atoms with Crippen LogP contribution < -0.4 is 0 Å². The van der Waals surface area contributed by atoms with E-state index in [1.165, 1.54) is 11.3 Å². The first kappa shape index (κ1) is 11.1. The molecular formula is C12H11NOS2. The van der Waals surface area contributed by atoms with Crippen LogP contribution in [0, 0.1) is 3.95 Å². The SMILES string of the molecule is C=CCn1c(O)c(C=C2C=CC=C2)sc1=S. The van der Waals surface area contributed by atoms with Gasteiger partial charge in [0.1, 0.15) is 0 Å². The van der Waals surface area contributed by atoms with Crippen molar-refractivity contribution in [1.82, 2.24) is 4.57 Å². The van der Waals surface area contributed by atoms with Crippen LogP contribution in [0.3, 0.4) is 0 Å². The Kier molecular flexibility index (Phi) is 3.22. The maximum Gasteiger partial charge on any atom is 0.210 e. The minimum Gasteiger partial charge on any atom is -0.493 e. The van der Waals surface area contributed by atoms with E-state index in [4.69, 9.17) is 12.2 Å². The quantitative estimate of drug-likeness (QED) is 0.653. The Morgan fingerprint density at radius 1 is 1.44 bits per heavy atom. The van der Waals surface area contributed by atoms with Gasteiger partial charge in [0.25, 0.3) is 0 Å². The summed E-state index contributed by atoms with van der Waals surface area (Å²) < 4.78 is 2.33. The predicted molar refractivity (Wildman–Crippen MR) is 71.3 cm³/mol. The molecule has 0 atom stereocenters. The van der Waals surface area contributed by atoms with Crippen LogP contribution >= 0.6 is 23.6 Å². The highest BCUT2D eigenvalue weighted by molar-refractivity contribution is 7.73. The van der Waals surface area contributed by atoms with Crippen molar-refractivity contribution in [2.45, 2.75) is 6.54 Å². The van der Waals surface area contributed by atoms with Gasteiger partial charge in [0.15, 0.2) is 3.95 Å². The average molecular weight is 249 g/mol. The standard InChI is InChI=1S/C12H11NOS2/c1-2-7-13-11(14)10(16-12(13)15)8-9-5-3-4-6-9/h2-6,8,14H,1,7H2. The molecule has 0 amide bonds. The zero-order valence-corrected chi connectivity index (χ0v) is 10.2. The van der Waals surface area contributed by atoms with Crippen LogP contribution in [0.2, 0.25) is 0 Å². The molecule has 2 rings (SSSR count). The summed E-state index contributed by atoms with van der Waals surface area (Å²) >= 11 is 6.58. The first-order chi connectivity index (χ1) is 7.72. The van der Waals surface area contributed by atoms with E-state index in [1.807, 2.05) is 30.4 Å². The van der Waals surface area contributed by atoms with Crippen molar-refractivity contribution in [3.8, 4) is 5.88 Å². The summed E-state index contributed by atoms with van der Waals surface area (Å²) in [4.78, 5) is 0.790. The van der Waals surface area contributed by atoms with E-state index in [0.29, 0.717) is 10.5 Å². The lowest BCUT2D eigenvalue weighted by molar-refractivity contribution is 0.424. The molecule has 0 aromatic carbocycles. The molecule has 82 valence electrons. The average Bonchev–Trinajstić information content (AvgIpc) is 2.84. The van der Waals surface area contributed by atoms with Crippen molar-refractivity contribution in [2.75, 3.05) is 0 Å². The Balaban J connectivity index is 2.43. The van der Waals surface area contributed by atoms with Gasteiger partial charge in [-0.2, -0.15) is 0 Å². The third-order valence-corrected chi connectivity index (χ3v) is 3.58. The summed E-state index contributed by atoms with van der Waals surface area (Å²) in [5.41, 5.74) is 1.07. The van der Waals surface area contributed by atoms with E-state index in [9.17, 15) is 5.11 Å². The fourth-order valence-corrected chi connectivity index (χ4v) is 2.72. The van der Waals surface area contributed by atoms with Crippen LogP contribution in [0.1, 0.15) is 4.88 Å². The molecule has 0 saturated heterocycles. The number of hydrogen-bond acceptors (Lipinski definition) is 3. The highest BCUT2D eigenvalue weighted by Gasteiger charge is 2.09. The number of aromatic hydroxyl groups is 1. The molecule has 0 unspecified atom stereocenters. The molecule has 1 aliphatic carbocycles. The molecule has 0 bridgehead atoms. The van der Waals surface area contributed by atoms with Gasteiger partial charge in [-0.1, -0.05) is 30.4 Å². The number of thiazole rings is 1. The Morgan fingerprint density at radius 2 is 2.12 bits per heavy atom. The summed E-state index contributed by atoms with van der Waals surface area (Å²) in [5.74, 6) is 0.219. The molecule has 1 N–H and O–H groups in total. The predicted octanol–water partition coefficient (Wildman–Crippen LogP) is 3.68. The van der Waals surface area contributed by atoms with Gasteiger partial charge in [-0.25, -0.2) is 0 Å². The molecule has 0 aliphatic heterocycles. The molecule has 1 aliphatic rings. The van der Waals surface area contributed by atoms with Crippen molar-refractivity contribution in [3.05, 3.63) is 51.4 Å². The second kappa shape index (κ2) is 4.63. The van der Waals surface area contributed by atoms with Gasteiger partial charge in [-0.05, 0) is 23.9 Å². The Bertz CT molecular complexity index is 544. The van der Waals surface area contributed by atoms with Gasteiger partial charge in [0, 0.05) is 6.54 Å². The lowest BCUT2D eigenvalue weighted by Crippen LogP contribution is -1.92. The first-order valence-electron chi connectivity index (χ1n) is 4.82. The molecule has 1 aromatic rings. The number of nitrogens with zero attached hydrogens (tertiary/aromatic N) is 1. The fraction of sp³-hybridized carbons (Fsp3) is 0.0833. The number of allylic oxidation sites excluding steroid dienone is 6. The van der Waals surface area contributed by atoms with E-state index in [1.54, 1.807) is 10.6 Å². The molecule has 16 heavy (non-hydrogen) atoms. The maximum atomic E-state index is 9.97. The van der Waals surface area contributed by atoms with Gasteiger partial charge < -0.3 is 5.11 Å². The summed E-state index contributed by atoms with van der Waals surface area (Å²) in [6.45, 7) is 4.18. The van der Waals surface area contributed by atoms with Crippen LogP contribution in [0.5, 0.6) is 5.88 Å². The third kappa shape index (κ3) is 2.08. The minimum atomic E-state index is 0.219. The van der Waals surface area contributed by atoms with Crippen LogP contribution in [0.15, 0.2) is 42.5 Å². The molecule has 2 nitrogen and oxygen atoms in total. The lowest BCUT2D eigenvalue weighted by Gasteiger charge is -1.99. The molecule has 0 fully saturated rings. The Morgan fingerprint density at radius 3 is 2.75 bits per heavy atom. The highest BCUT2D eigenvalue weighted by Crippen LogP contribution is 2.29. The van der Waals surface area contributed by atoms with Gasteiger partial charge in [-0.3, -0.25) is 4.57 Å². The van der Waals surface area contributed by atoms with Gasteiger partial charge >= 0.3 is 0 Å². The second-order valence-corrected chi connectivity index (χ2v) is 4.99. The molecule has 4 heteroatoms. The molecule has 1 aromatic heterocycles. The zero-order valence-electron chi connectivity index (χ0n) is 8.59. The van der Waals surface area contributed by atoms with Crippen molar-refractivity contribution < 1.29 is 5.11 Å². The summed E-state index contributed by atoms with van der Waals surface area (Å²) in [6.07, 6.45) is 11.5. The molecular weight excluding hydrogens is 238 g/mol. The summed E-state index contributed by atoms with van der Waals surface area (Å²) in [5, 5.41) is 9.97. The molecule has 1 heterocycles. The van der Waals surface area contributed by atoms with Gasteiger partial charge in [-0.15, -0.1) is 17.9 Å². The smallest absolute Gasteiger partial charge is 0.210 e. The molecule has 0 saturated carbocycles. The minimum absolute atomic E-state index is 0.219. The van der Waals surface area contributed by atoms with Crippen molar-refractivity contribution in [2.24, 2.45) is 0 Å². The van der Waals surface area contributed by atoms with Crippen molar-refractivity contribution in [3.63, 3.8) is 0 Å². The van der Waals surface area contributed by atoms with Gasteiger partial charge in [0.2, 0.25) is 5.88 Å². The summed E-state index contributed by atoms with van der Waals surface area (Å²) in [6, 6.07) is 0. The number of aromatic nitrogens is 1. The van der Waals surface area contributed by atoms with E-state index in [0.717, 1.165) is 10.5 Å². The Hall–Kier alpha value is -1.39. The lowest BCUT2D eigenvalue weighted by atomic mass is 10.2. The van der Waals surface area contributed by atoms with Crippen LogP contribution in [0.4, 0.5) is 0 Å². The maximum absolute atomic E-state index is 9.97. The number of rotatable bonds is 3. The fourth-order valence-electron chi connectivity index (χ4n) is 1.43. The molecule has 0 radical (unpaired) electrons. The largest absolute Gasteiger partial charge is 0.493 e. The molecule has 0 spiro atoms. The van der Waals surface area contributed by atoms with Crippen LogP contribution in [0.25, 0.3) is 6.08 Å². The van der Waals surface area contributed by atoms with Crippen molar-refractivity contribution >= 4 is 29.6 Å². The normalized spacial score (nSPS) is 13.4. The second-order valence-electron chi connectivity index (χ2n) is 3.32. The highest BCUT2D eigenvalue weighted by atomic mass is 32.1. The van der Waals surface area contributed by atoms with E-state index in [2.05, 4.69) is 6.58 Å². The van der Waals surface area contributed by atoms with E-state index < -0.39 is 0 Å². The topological polar surface area (TPSA) is 25.2 Å². The van der Waals surface area contributed by atoms with Gasteiger partial charge in [0.05, 0.1) is 4.88 Å². The van der Waals surface area contributed by atoms with E-state index >= 15 is 0 Å². The number of hydrogen-bond donors (Lipinski definition) is 1. The third-order valence-electron chi connectivity index (χ3n) is 2.19. The zero-order chi connectivity index (χ0) is 11.5. The monoisotopic (exact) mass is 249 g/mol. The first-order valence-corrected chi connectivity index (χ1v) is 6.05. The van der Waals surface area contributed by atoms with E-state index in [-0.39, 0.29) is 5.88 Å². The van der Waals surface area contributed by atoms with Crippen LogP contribution in [-0.2, 0) is 6.54 Å². The van der Waals surface area contributed by atoms with Crippen LogP contribution in [-0.4, -0.2) is 9.67 Å². The summed E-state index contributed by atoms with van der Waals surface area (Å²) in [7, 11) is 0. The van der Waals surface area contributed by atoms with Crippen molar-refractivity contribution in [1.29, 1.82) is 0 Å².